The zero-order valence-corrected chi connectivity index (χ0v) is 10.1. The van der Waals surface area contributed by atoms with Gasteiger partial charge in [0.05, 0.1) is 6.04 Å². The van der Waals surface area contributed by atoms with Gasteiger partial charge in [0, 0.05) is 5.69 Å². The van der Waals surface area contributed by atoms with Gasteiger partial charge in [0.2, 0.25) is 0 Å². The van der Waals surface area contributed by atoms with Gasteiger partial charge in [-0.05, 0) is 37.0 Å². The third-order valence-electron chi connectivity index (χ3n) is 3.49. The number of nitrogens with one attached hydrogen (secondary N) is 1. The Balaban J connectivity index is 1.89. The van der Waals surface area contributed by atoms with Crippen LogP contribution in [-0.4, -0.2) is 0 Å². The van der Waals surface area contributed by atoms with Crippen LogP contribution in [0.2, 0.25) is 0 Å². The predicted molar refractivity (Wildman–Crippen MR) is 72.3 cm³/mol. The maximum absolute atomic E-state index is 3.64. The molecule has 17 heavy (non-hydrogen) atoms. The zero-order chi connectivity index (χ0) is 11.7. The fourth-order valence-corrected chi connectivity index (χ4v) is 2.58. The third kappa shape index (κ3) is 2.05. The van der Waals surface area contributed by atoms with E-state index < -0.39 is 0 Å². The van der Waals surface area contributed by atoms with Gasteiger partial charge < -0.3 is 5.32 Å². The Hall–Kier alpha value is -1.76. The molecule has 0 spiro atoms. The summed E-state index contributed by atoms with van der Waals surface area (Å²) < 4.78 is 0. The highest BCUT2D eigenvalue weighted by Crippen LogP contribution is 2.32. The van der Waals surface area contributed by atoms with E-state index in [2.05, 4.69) is 60.8 Å². The molecule has 1 heteroatoms. The summed E-state index contributed by atoms with van der Waals surface area (Å²) in [6.07, 6.45) is 2.35. The number of rotatable bonds is 1. The molecule has 1 heterocycles. The summed E-state index contributed by atoms with van der Waals surface area (Å²) in [6.45, 7) is 2.15. The molecule has 3 rings (SSSR count). The number of hydrogen-bond donors (Lipinski definition) is 1. The first kappa shape index (κ1) is 10.4. The first-order valence-electron chi connectivity index (χ1n) is 6.24. The van der Waals surface area contributed by atoms with Gasteiger partial charge in [-0.2, -0.15) is 0 Å². The first-order valence-corrected chi connectivity index (χ1v) is 6.24. The van der Waals surface area contributed by atoms with Crippen LogP contribution in [0.1, 0.15) is 29.2 Å². The van der Waals surface area contributed by atoms with E-state index in [1.807, 2.05) is 0 Å². The lowest BCUT2D eigenvalue weighted by Gasteiger charge is -2.27. The van der Waals surface area contributed by atoms with Gasteiger partial charge in [-0.3, -0.25) is 0 Å². The minimum atomic E-state index is 0.463. The van der Waals surface area contributed by atoms with E-state index >= 15 is 0 Å². The van der Waals surface area contributed by atoms with Crippen molar-refractivity contribution in [1.29, 1.82) is 0 Å². The average Bonchev–Trinajstić information content (AvgIpc) is 2.38. The van der Waals surface area contributed by atoms with Crippen LogP contribution >= 0.6 is 0 Å². The van der Waals surface area contributed by atoms with Crippen LogP contribution < -0.4 is 5.32 Å². The van der Waals surface area contributed by atoms with Crippen molar-refractivity contribution >= 4 is 5.69 Å². The van der Waals surface area contributed by atoms with Crippen LogP contribution in [-0.2, 0) is 6.42 Å². The van der Waals surface area contributed by atoms with Crippen molar-refractivity contribution in [2.75, 3.05) is 5.32 Å². The molecule has 86 valence electrons. The molecule has 0 radical (unpaired) electrons. The lowest BCUT2D eigenvalue weighted by molar-refractivity contribution is 0.667. The molecule has 0 unspecified atom stereocenters. The predicted octanol–water partition coefficient (Wildman–Crippen LogP) is 4.09. The fraction of sp³-hybridized carbons (Fsp3) is 0.250. The number of fused-ring (bicyclic) bond motifs is 1. The topological polar surface area (TPSA) is 12.0 Å². The minimum Gasteiger partial charge on any atom is -0.378 e. The van der Waals surface area contributed by atoms with Crippen LogP contribution in [0.3, 0.4) is 0 Å². The van der Waals surface area contributed by atoms with E-state index in [0.29, 0.717) is 6.04 Å². The largest absolute Gasteiger partial charge is 0.378 e. The SMILES string of the molecule is Cc1cccc([C@@H]2CCc3ccccc3N2)c1. The van der Waals surface area contributed by atoms with Gasteiger partial charge >= 0.3 is 0 Å². The third-order valence-corrected chi connectivity index (χ3v) is 3.49. The molecule has 0 amide bonds. The summed E-state index contributed by atoms with van der Waals surface area (Å²) >= 11 is 0. The van der Waals surface area contributed by atoms with E-state index in [4.69, 9.17) is 0 Å². The molecule has 0 bridgehead atoms. The molecule has 0 aromatic heterocycles. The molecule has 1 atom stereocenters. The molecule has 0 saturated heterocycles. The Labute approximate surface area is 102 Å². The number of para-hydroxylation sites is 1. The second-order valence-corrected chi connectivity index (χ2v) is 4.81. The van der Waals surface area contributed by atoms with Crippen LogP contribution in [0, 0.1) is 6.92 Å². The van der Waals surface area contributed by atoms with Crippen molar-refractivity contribution < 1.29 is 0 Å². The molecule has 1 N–H and O–H groups in total. The zero-order valence-electron chi connectivity index (χ0n) is 10.1. The fourth-order valence-electron chi connectivity index (χ4n) is 2.58. The van der Waals surface area contributed by atoms with Crippen molar-refractivity contribution in [3.63, 3.8) is 0 Å². The van der Waals surface area contributed by atoms with Gasteiger partial charge in [0.1, 0.15) is 0 Å². The summed E-state index contributed by atoms with van der Waals surface area (Å²) in [4.78, 5) is 0. The molecule has 2 aromatic carbocycles. The van der Waals surface area contributed by atoms with Gasteiger partial charge in [-0.1, -0.05) is 48.0 Å². The number of aryl methyl sites for hydroxylation is 2. The van der Waals surface area contributed by atoms with Gasteiger partial charge in [0.15, 0.2) is 0 Å². The maximum Gasteiger partial charge on any atom is 0.0517 e. The van der Waals surface area contributed by atoms with E-state index in [0.717, 1.165) is 0 Å². The van der Waals surface area contributed by atoms with E-state index in [-0.39, 0.29) is 0 Å². The average molecular weight is 223 g/mol. The number of hydrogen-bond acceptors (Lipinski definition) is 1. The highest BCUT2D eigenvalue weighted by atomic mass is 14.9. The summed E-state index contributed by atoms with van der Waals surface area (Å²) in [5.41, 5.74) is 5.48. The highest BCUT2D eigenvalue weighted by molar-refractivity contribution is 5.55. The molecule has 1 aliphatic rings. The molecular formula is C16H17N. The molecule has 1 nitrogen and oxygen atoms in total. The van der Waals surface area contributed by atoms with Crippen molar-refractivity contribution in [2.45, 2.75) is 25.8 Å². The monoisotopic (exact) mass is 223 g/mol. The molecular weight excluding hydrogens is 206 g/mol. The smallest absolute Gasteiger partial charge is 0.0517 e. The van der Waals surface area contributed by atoms with E-state index in [1.165, 1.54) is 35.2 Å². The summed E-state index contributed by atoms with van der Waals surface area (Å²) in [5, 5.41) is 3.64. The lowest BCUT2D eigenvalue weighted by atomic mass is 9.93. The van der Waals surface area contributed by atoms with Crippen LogP contribution in [0.4, 0.5) is 5.69 Å². The standard InChI is InChI=1S/C16H17N/c1-12-5-4-7-14(11-12)16-10-9-13-6-2-3-8-15(13)17-16/h2-8,11,16-17H,9-10H2,1H3/t16-/m0/s1. The highest BCUT2D eigenvalue weighted by Gasteiger charge is 2.18. The Morgan fingerprint density at radius 3 is 2.82 bits per heavy atom. The quantitative estimate of drug-likeness (QED) is 0.767. The number of anilines is 1. The normalized spacial score (nSPS) is 18.3. The van der Waals surface area contributed by atoms with E-state index in [9.17, 15) is 0 Å². The molecule has 0 saturated carbocycles. The van der Waals surface area contributed by atoms with Crippen LogP contribution in [0.25, 0.3) is 0 Å². The minimum absolute atomic E-state index is 0.463. The maximum atomic E-state index is 3.64. The Morgan fingerprint density at radius 1 is 1.06 bits per heavy atom. The van der Waals surface area contributed by atoms with E-state index in [1.54, 1.807) is 0 Å². The number of benzene rings is 2. The lowest BCUT2D eigenvalue weighted by Crippen LogP contribution is -2.17. The molecule has 1 aliphatic heterocycles. The van der Waals surface area contributed by atoms with Crippen LogP contribution in [0.15, 0.2) is 48.5 Å². The summed E-state index contributed by atoms with van der Waals surface area (Å²) in [6, 6.07) is 17.9. The van der Waals surface area contributed by atoms with Gasteiger partial charge in [-0.25, -0.2) is 0 Å². The Bertz CT molecular complexity index is 531. The summed E-state index contributed by atoms with van der Waals surface area (Å²) in [5.74, 6) is 0. The second kappa shape index (κ2) is 4.25. The molecule has 2 aromatic rings. The molecule has 0 aliphatic carbocycles. The van der Waals surface area contributed by atoms with Crippen molar-refractivity contribution in [2.24, 2.45) is 0 Å². The van der Waals surface area contributed by atoms with Crippen molar-refractivity contribution in [3.8, 4) is 0 Å². The van der Waals surface area contributed by atoms with Gasteiger partial charge in [-0.15, -0.1) is 0 Å². The Kier molecular flexibility index (Phi) is 2.60. The van der Waals surface area contributed by atoms with Crippen LogP contribution in [0.5, 0.6) is 0 Å². The molecule has 0 fully saturated rings. The second-order valence-electron chi connectivity index (χ2n) is 4.81. The van der Waals surface area contributed by atoms with Crippen molar-refractivity contribution in [3.05, 3.63) is 65.2 Å². The Morgan fingerprint density at radius 2 is 1.94 bits per heavy atom. The van der Waals surface area contributed by atoms with Gasteiger partial charge in [0.25, 0.3) is 0 Å². The first-order chi connectivity index (χ1) is 8.33. The summed E-state index contributed by atoms with van der Waals surface area (Å²) in [7, 11) is 0. The van der Waals surface area contributed by atoms with Crippen molar-refractivity contribution in [1.82, 2.24) is 0 Å².